The van der Waals surface area contributed by atoms with Gasteiger partial charge in [-0.15, -0.1) is 11.6 Å². The Labute approximate surface area is 125 Å². The smallest absolute Gasteiger partial charge is 0.243 e. The molecule has 1 amide bonds. The van der Waals surface area contributed by atoms with Crippen LogP contribution in [-0.4, -0.2) is 30.7 Å². The number of alkyl halides is 1. The van der Waals surface area contributed by atoms with Crippen molar-refractivity contribution >= 4 is 23.2 Å². The second-order valence-electron chi connectivity index (χ2n) is 4.93. The first-order valence-electron chi connectivity index (χ1n) is 6.69. The van der Waals surface area contributed by atoms with E-state index in [-0.39, 0.29) is 30.7 Å². The van der Waals surface area contributed by atoms with Crippen LogP contribution in [0, 0.1) is 0 Å². The number of nitrogens with zero attached hydrogens (tertiary/aromatic N) is 1. The van der Waals surface area contributed by atoms with Crippen LogP contribution in [0.15, 0.2) is 24.3 Å². The maximum absolute atomic E-state index is 12.0. The Morgan fingerprint density at radius 1 is 1.20 bits per heavy atom. The molecule has 4 nitrogen and oxygen atoms in total. The first kappa shape index (κ1) is 16.8. The lowest BCUT2D eigenvalue weighted by atomic mass is 10.2. The van der Waals surface area contributed by atoms with Gasteiger partial charge in [-0.3, -0.25) is 9.69 Å². The van der Waals surface area contributed by atoms with Crippen LogP contribution in [0.2, 0.25) is 0 Å². The number of carbonyl (C=O) groups excluding carboxylic acids is 1. The van der Waals surface area contributed by atoms with Gasteiger partial charge in [-0.25, -0.2) is 0 Å². The molecule has 5 heteroatoms. The van der Waals surface area contributed by atoms with Crippen molar-refractivity contribution in [3.05, 3.63) is 24.3 Å². The normalized spacial score (nSPS) is 10.9. The lowest BCUT2D eigenvalue weighted by Crippen LogP contribution is -2.35. The fourth-order valence-corrected chi connectivity index (χ4v) is 1.75. The molecule has 0 unspecified atom stereocenters. The van der Waals surface area contributed by atoms with E-state index in [0.29, 0.717) is 11.4 Å². The van der Waals surface area contributed by atoms with E-state index in [1.165, 1.54) is 4.90 Å². The highest BCUT2D eigenvalue weighted by atomic mass is 35.5. The van der Waals surface area contributed by atoms with E-state index < -0.39 is 0 Å². The van der Waals surface area contributed by atoms with Crippen LogP contribution >= 0.6 is 11.6 Å². The number of carbonyl (C=O) groups is 1. The third kappa shape index (κ3) is 5.02. The van der Waals surface area contributed by atoms with Crippen molar-refractivity contribution in [2.45, 2.75) is 39.9 Å². The van der Waals surface area contributed by atoms with Gasteiger partial charge >= 0.3 is 0 Å². The van der Waals surface area contributed by atoms with Crippen LogP contribution in [0.3, 0.4) is 0 Å². The zero-order valence-corrected chi connectivity index (χ0v) is 13.2. The van der Waals surface area contributed by atoms with Crippen molar-refractivity contribution in [2.24, 2.45) is 0 Å². The van der Waals surface area contributed by atoms with Crippen molar-refractivity contribution in [3.63, 3.8) is 0 Å². The molecule has 1 aromatic carbocycles. The van der Waals surface area contributed by atoms with Gasteiger partial charge in [-0.05, 0) is 39.8 Å². The number of hydrogen-bond acceptors (Lipinski definition) is 3. The number of anilines is 1. The summed E-state index contributed by atoms with van der Waals surface area (Å²) in [6.45, 7) is 7.87. The summed E-state index contributed by atoms with van der Waals surface area (Å²) in [7, 11) is 0. The number of ether oxygens (including phenoxy) is 2. The SMILES string of the molecule is CC(C)OCN(C(=O)CCl)c1ccccc1OC(C)C. The first-order valence-corrected chi connectivity index (χ1v) is 7.22. The number of amides is 1. The molecule has 0 bridgehead atoms. The molecule has 0 radical (unpaired) electrons. The molecule has 0 spiro atoms. The number of hydrogen-bond donors (Lipinski definition) is 0. The zero-order valence-electron chi connectivity index (χ0n) is 12.4. The number of para-hydroxylation sites is 2. The Morgan fingerprint density at radius 2 is 1.85 bits per heavy atom. The number of rotatable bonds is 7. The van der Waals surface area contributed by atoms with E-state index in [1.54, 1.807) is 0 Å². The molecule has 0 aliphatic rings. The van der Waals surface area contributed by atoms with Crippen molar-refractivity contribution in [1.29, 1.82) is 0 Å². The largest absolute Gasteiger partial charge is 0.489 e. The van der Waals surface area contributed by atoms with Crippen LogP contribution in [0.25, 0.3) is 0 Å². The zero-order chi connectivity index (χ0) is 15.1. The molecule has 1 rings (SSSR count). The summed E-state index contributed by atoms with van der Waals surface area (Å²) in [5, 5.41) is 0. The maximum atomic E-state index is 12.0. The minimum atomic E-state index is -0.216. The summed E-state index contributed by atoms with van der Waals surface area (Å²) in [5.41, 5.74) is 0.674. The Morgan fingerprint density at radius 3 is 2.40 bits per heavy atom. The van der Waals surface area contributed by atoms with Gasteiger partial charge in [0.05, 0.1) is 17.9 Å². The average molecular weight is 300 g/mol. The topological polar surface area (TPSA) is 38.8 Å². The van der Waals surface area contributed by atoms with Crippen molar-refractivity contribution in [3.8, 4) is 5.75 Å². The Bertz CT molecular complexity index is 435. The molecule has 0 N–H and O–H groups in total. The second-order valence-corrected chi connectivity index (χ2v) is 5.20. The second kappa shape index (κ2) is 8.12. The van der Waals surface area contributed by atoms with Crippen LogP contribution in [0.1, 0.15) is 27.7 Å². The van der Waals surface area contributed by atoms with Crippen LogP contribution in [-0.2, 0) is 9.53 Å². The van der Waals surface area contributed by atoms with Crippen molar-refractivity contribution in [2.75, 3.05) is 17.5 Å². The third-order valence-corrected chi connectivity index (χ3v) is 2.70. The maximum Gasteiger partial charge on any atom is 0.243 e. The molecular weight excluding hydrogens is 278 g/mol. The highest BCUT2D eigenvalue weighted by Crippen LogP contribution is 2.29. The summed E-state index contributed by atoms with van der Waals surface area (Å²) < 4.78 is 11.3. The van der Waals surface area contributed by atoms with Crippen molar-refractivity contribution in [1.82, 2.24) is 0 Å². The van der Waals surface area contributed by atoms with E-state index >= 15 is 0 Å². The predicted molar refractivity (Wildman–Crippen MR) is 81.5 cm³/mol. The molecule has 0 heterocycles. The van der Waals surface area contributed by atoms with E-state index in [2.05, 4.69) is 0 Å². The summed E-state index contributed by atoms with van der Waals surface area (Å²) in [6.07, 6.45) is 0.0499. The average Bonchev–Trinajstić information content (AvgIpc) is 2.39. The Kier molecular flexibility index (Phi) is 6.82. The highest BCUT2D eigenvalue weighted by molar-refractivity contribution is 6.29. The highest BCUT2D eigenvalue weighted by Gasteiger charge is 2.19. The van der Waals surface area contributed by atoms with Gasteiger partial charge in [0.1, 0.15) is 18.4 Å². The molecule has 0 atom stereocenters. The predicted octanol–water partition coefficient (Wildman–Crippen LogP) is 3.43. The molecule has 20 heavy (non-hydrogen) atoms. The third-order valence-electron chi connectivity index (χ3n) is 2.47. The van der Waals surface area contributed by atoms with Gasteiger partial charge in [-0.2, -0.15) is 0 Å². The molecule has 0 saturated heterocycles. The molecule has 112 valence electrons. The summed E-state index contributed by atoms with van der Waals surface area (Å²) in [6, 6.07) is 7.38. The summed E-state index contributed by atoms with van der Waals surface area (Å²) in [4.78, 5) is 13.5. The van der Waals surface area contributed by atoms with Gasteiger partial charge in [0.2, 0.25) is 5.91 Å². The first-order chi connectivity index (χ1) is 9.45. The molecule has 1 aromatic rings. The van der Waals surface area contributed by atoms with Gasteiger partial charge in [0.15, 0.2) is 0 Å². The minimum absolute atomic E-state index is 0.0233. The van der Waals surface area contributed by atoms with E-state index in [4.69, 9.17) is 21.1 Å². The Balaban J connectivity index is 3.03. The minimum Gasteiger partial charge on any atom is -0.489 e. The van der Waals surface area contributed by atoms with E-state index in [9.17, 15) is 4.79 Å². The molecule has 0 fully saturated rings. The quantitative estimate of drug-likeness (QED) is 0.572. The van der Waals surface area contributed by atoms with Crippen LogP contribution < -0.4 is 9.64 Å². The monoisotopic (exact) mass is 299 g/mol. The lowest BCUT2D eigenvalue weighted by molar-refractivity contribution is -0.117. The number of benzene rings is 1. The van der Waals surface area contributed by atoms with Crippen LogP contribution in [0.4, 0.5) is 5.69 Å². The molecule has 0 aliphatic heterocycles. The standard InChI is InChI=1S/C15H22ClNO3/c1-11(2)19-10-17(15(18)9-16)13-7-5-6-8-14(13)20-12(3)4/h5-8,11-12H,9-10H2,1-4H3. The molecule has 0 saturated carbocycles. The fraction of sp³-hybridized carbons (Fsp3) is 0.533. The number of halogens is 1. The van der Waals surface area contributed by atoms with Gasteiger partial charge in [0.25, 0.3) is 0 Å². The molecule has 0 aliphatic carbocycles. The van der Waals surface area contributed by atoms with Crippen molar-refractivity contribution < 1.29 is 14.3 Å². The van der Waals surface area contributed by atoms with E-state index in [1.807, 2.05) is 52.0 Å². The Hall–Kier alpha value is -1.26. The fourth-order valence-electron chi connectivity index (χ4n) is 1.61. The van der Waals surface area contributed by atoms with Crippen LogP contribution in [0.5, 0.6) is 5.75 Å². The van der Waals surface area contributed by atoms with E-state index in [0.717, 1.165) is 0 Å². The summed E-state index contributed by atoms with van der Waals surface area (Å²) >= 11 is 5.68. The molecular formula is C15H22ClNO3. The summed E-state index contributed by atoms with van der Waals surface area (Å²) in [5.74, 6) is 0.331. The molecule has 0 aromatic heterocycles. The lowest BCUT2D eigenvalue weighted by Gasteiger charge is -2.25. The van der Waals surface area contributed by atoms with Gasteiger partial charge < -0.3 is 9.47 Å². The van der Waals surface area contributed by atoms with Gasteiger partial charge in [-0.1, -0.05) is 12.1 Å². The van der Waals surface area contributed by atoms with Gasteiger partial charge in [0, 0.05) is 0 Å².